The molecular formula is C12H20S. The van der Waals surface area contributed by atoms with Gasteiger partial charge >= 0.3 is 0 Å². The van der Waals surface area contributed by atoms with Crippen LogP contribution in [0.25, 0.3) is 0 Å². The van der Waals surface area contributed by atoms with Crippen LogP contribution < -0.4 is 0 Å². The Morgan fingerprint density at radius 2 is 1.77 bits per heavy atom. The van der Waals surface area contributed by atoms with Gasteiger partial charge in [-0.25, -0.2) is 0 Å². The summed E-state index contributed by atoms with van der Waals surface area (Å²) in [7, 11) is 0. The standard InChI is InChI=1S/C12H20S/c1-5-6-10(4)12-8-7-11(13-12)9(2)3/h7-10H,5-6H2,1-4H3/t10-/m1/s1. The van der Waals surface area contributed by atoms with Gasteiger partial charge < -0.3 is 0 Å². The first-order chi connectivity index (χ1) is 6.15. The molecular weight excluding hydrogens is 176 g/mol. The van der Waals surface area contributed by atoms with E-state index in [2.05, 4.69) is 39.8 Å². The molecule has 13 heavy (non-hydrogen) atoms. The zero-order chi connectivity index (χ0) is 9.84. The van der Waals surface area contributed by atoms with E-state index in [9.17, 15) is 0 Å². The second-order valence-electron chi connectivity index (χ2n) is 4.08. The summed E-state index contributed by atoms with van der Waals surface area (Å²) in [6.45, 7) is 9.12. The van der Waals surface area contributed by atoms with Gasteiger partial charge in [0.05, 0.1) is 0 Å². The Morgan fingerprint density at radius 3 is 2.23 bits per heavy atom. The zero-order valence-electron chi connectivity index (χ0n) is 9.13. The normalized spacial score (nSPS) is 13.6. The van der Waals surface area contributed by atoms with Crippen molar-refractivity contribution in [3.8, 4) is 0 Å². The fourth-order valence-corrected chi connectivity index (χ4v) is 2.62. The van der Waals surface area contributed by atoms with Gasteiger partial charge in [0.15, 0.2) is 0 Å². The van der Waals surface area contributed by atoms with Crippen molar-refractivity contribution in [2.24, 2.45) is 0 Å². The van der Waals surface area contributed by atoms with Crippen molar-refractivity contribution in [2.75, 3.05) is 0 Å². The van der Waals surface area contributed by atoms with E-state index in [-0.39, 0.29) is 0 Å². The van der Waals surface area contributed by atoms with Gasteiger partial charge in [-0.15, -0.1) is 11.3 Å². The molecule has 0 unspecified atom stereocenters. The van der Waals surface area contributed by atoms with Gasteiger partial charge in [-0.2, -0.15) is 0 Å². The predicted octanol–water partition coefficient (Wildman–Crippen LogP) is 4.78. The maximum absolute atomic E-state index is 2.33. The highest BCUT2D eigenvalue weighted by Crippen LogP contribution is 2.31. The molecule has 0 amide bonds. The number of thiophene rings is 1. The molecule has 1 heteroatoms. The van der Waals surface area contributed by atoms with Crippen molar-refractivity contribution in [1.29, 1.82) is 0 Å². The van der Waals surface area contributed by atoms with Gasteiger partial charge in [0.1, 0.15) is 0 Å². The largest absolute Gasteiger partial charge is 0.145 e. The second kappa shape index (κ2) is 4.80. The Morgan fingerprint density at radius 1 is 1.15 bits per heavy atom. The molecule has 1 heterocycles. The maximum Gasteiger partial charge on any atom is 0.00764 e. The Labute approximate surface area is 86.0 Å². The van der Waals surface area contributed by atoms with Crippen LogP contribution in [0.1, 0.15) is 62.1 Å². The van der Waals surface area contributed by atoms with Gasteiger partial charge in [-0.05, 0) is 30.4 Å². The minimum absolute atomic E-state index is 0.688. The first-order valence-electron chi connectivity index (χ1n) is 5.24. The van der Waals surface area contributed by atoms with Crippen LogP contribution in [-0.4, -0.2) is 0 Å². The maximum atomic E-state index is 2.33. The van der Waals surface area contributed by atoms with Crippen molar-refractivity contribution in [3.63, 3.8) is 0 Å². The molecule has 1 rings (SSSR count). The monoisotopic (exact) mass is 196 g/mol. The third-order valence-electron chi connectivity index (χ3n) is 2.42. The molecule has 1 aromatic rings. The van der Waals surface area contributed by atoms with E-state index in [4.69, 9.17) is 0 Å². The summed E-state index contributed by atoms with van der Waals surface area (Å²) >= 11 is 1.99. The zero-order valence-corrected chi connectivity index (χ0v) is 9.95. The van der Waals surface area contributed by atoms with E-state index in [0.717, 1.165) is 5.92 Å². The van der Waals surface area contributed by atoms with Gasteiger partial charge in [0, 0.05) is 9.75 Å². The van der Waals surface area contributed by atoms with Crippen LogP contribution in [0.4, 0.5) is 0 Å². The lowest BCUT2D eigenvalue weighted by molar-refractivity contribution is 0.675. The Kier molecular flexibility index (Phi) is 3.98. The summed E-state index contributed by atoms with van der Waals surface area (Å²) in [5, 5.41) is 0. The predicted molar refractivity (Wildman–Crippen MR) is 61.7 cm³/mol. The van der Waals surface area contributed by atoms with Crippen molar-refractivity contribution in [1.82, 2.24) is 0 Å². The quantitative estimate of drug-likeness (QED) is 0.650. The first-order valence-corrected chi connectivity index (χ1v) is 6.06. The van der Waals surface area contributed by atoms with Crippen LogP contribution in [-0.2, 0) is 0 Å². The summed E-state index contributed by atoms with van der Waals surface area (Å²) in [4.78, 5) is 3.09. The van der Waals surface area contributed by atoms with Gasteiger partial charge in [-0.1, -0.05) is 34.1 Å². The molecule has 74 valence electrons. The number of hydrogen-bond donors (Lipinski definition) is 0. The van der Waals surface area contributed by atoms with Crippen molar-refractivity contribution in [3.05, 3.63) is 21.9 Å². The Hall–Kier alpha value is -0.300. The van der Waals surface area contributed by atoms with Crippen molar-refractivity contribution in [2.45, 2.75) is 52.4 Å². The highest BCUT2D eigenvalue weighted by atomic mass is 32.1. The lowest BCUT2D eigenvalue weighted by Crippen LogP contribution is -1.87. The molecule has 0 aliphatic carbocycles. The lowest BCUT2D eigenvalue weighted by Gasteiger charge is -2.06. The Bertz CT molecular complexity index is 247. The van der Waals surface area contributed by atoms with Crippen LogP contribution in [0.2, 0.25) is 0 Å². The molecule has 0 saturated heterocycles. The highest BCUT2D eigenvalue weighted by molar-refractivity contribution is 7.12. The molecule has 0 spiro atoms. The molecule has 0 bridgehead atoms. The topological polar surface area (TPSA) is 0 Å². The fourth-order valence-electron chi connectivity index (χ4n) is 1.52. The second-order valence-corrected chi connectivity index (χ2v) is 5.23. The van der Waals surface area contributed by atoms with E-state index < -0.39 is 0 Å². The minimum atomic E-state index is 0.688. The van der Waals surface area contributed by atoms with Crippen LogP contribution in [0.3, 0.4) is 0 Å². The third-order valence-corrected chi connectivity index (χ3v) is 4.04. The van der Waals surface area contributed by atoms with Crippen LogP contribution >= 0.6 is 11.3 Å². The van der Waals surface area contributed by atoms with E-state index in [1.807, 2.05) is 11.3 Å². The minimum Gasteiger partial charge on any atom is -0.145 e. The molecule has 1 aromatic heterocycles. The number of hydrogen-bond acceptors (Lipinski definition) is 1. The molecule has 0 aliphatic heterocycles. The van der Waals surface area contributed by atoms with E-state index in [1.165, 1.54) is 17.7 Å². The summed E-state index contributed by atoms with van der Waals surface area (Å²) in [5.41, 5.74) is 0. The van der Waals surface area contributed by atoms with E-state index in [0.29, 0.717) is 5.92 Å². The molecule has 0 radical (unpaired) electrons. The smallest absolute Gasteiger partial charge is 0.00764 e. The summed E-state index contributed by atoms with van der Waals surface area (Å²) in [6, 6.07) is 4.59. The van der Waals surface area contributed by atoms with Gasteiger partial charge in [0.2, 0.25) is 0 Å². The SMILES string of the molecule is CCC[C@@H](C)c1ccc(C(C)C)s1. The van der Waals surface area contributed by atoms with Gasteiger partial charge in [-0.3, -0.25) is 0 Å². The molecule has 0 saturated carbocycles. The fraction of sp³-hybridized carbons (Fsp3) is 0.667. The van der Waals surface area contributed by atoms with Crippen LogP contribution in [0.15, 0.2) is 12.1 Å². The Balaban J connectivity index is 2.67. The molecule has 1 atom stereocenters. The van der Waals surface area contributed by atoms with Gasteiger partial charge in [0.25, 0.3) is 0 Å². The first kappa shape index (κ1) is 10.8. The molecule has 0 aliphatic rings. The van der Waals surface area contributed by atoms with E-state index in [1.54, 1.807) is 4.88 Å². The van der Waals surface area contributed by atoms with Crippen LogP contribution in [0, 0.1) is 0 Å². The number of rotatable bonds is 4. The van der Waals surface area contributed by atoms with Crippen LogP contribution in [0.5, 0.6) is 0 Å². The van der Waals surface area contributed by atoms with Crippen molar-refractivity contribution >= 4 is 11.3 Å². The molecule has 0 nitrogen and oxygen atoms in total. The highest BCUT2D eigenvalue weighted by Gasteiger charge is 2.09. The van der Waals surface area contributed by atoms with E-state index >= 15 is 0 Å². The molecule has 0 fully saturated rings. The van der Waals surface area contributed by atoms with Crippen molar-refractivity contribution < 1.29 is 0 Å². The average molecular weight is 196 g/mol. The summed E-state index contributed by atoms with van der Waals surface area (Å²) < 4.78 is 0. The summed E-state index contributed by atoms with van der Waals surface area (Å²) in [6.07, 6.45) is 2.61. The summed E-state index contributed by atoms with van der Waals surface area (Å²) in [5.74, 6) is 1.44. The third kappa shape index (κ3) is 2.84. The molecule has 0 N–H and O–H groups in total. The lowest BCUT2D eigenvalue weighted by atomic mass is 10.0. The molecule has 0 aromatic carbocycles. The average Bonchev–Trinajstić information content (AvgIpc) is 2.52.